The summed E-state index contributed by atoms with van der Waals surface area (Å²) in [5.74, 6) is 2.31. The van der Waals surface area contributed by atoms with Gasteiger partial charge in [-0.3, -0.25) is 0 Å². The van der Waals surface area contributed by atoms with Crippen LogP contribution in [0.5, 0.6) is 5.75 Å². The Morgan fingerprint density at radius 2 is 2.20 bits per heavy atom. The minimum absolute atomic E-state index is 0.194. The number of rotatable bonds is 3. The lowest BCUT2D eigenvalue weighted by Gasteiger charge is -2.27. The van der Waals surface area contributed by atoms with Crippen LogP contribution in [-0.2, 0) is 6.42 Å². The zero-order valence-corrected chi connectivity index (χ0v) is 11.5. The highest BCUT2D eigenvalue weighted by Crippen LogP contribution is 2.34. The molecular weight excluding hydrogens is 252 g/mol. The topological polar surface area (TPSA) is 73.1 Å². The van der Waals surface area contributed by atoms with Gasteiger partial charge in [-0.25, -0.2) is 9.97 Å². The van der Waals surface area contributed by atoms with Crippen molar-refractivity contribution in [2.45, 2.75) is 25.8 Å². The van der Waals surface area contributed by atoms with E-state index in [9.17, 15) is 0 Å². The monoisotopic (exact) mass is 270 g/mol. The Hall–Kier alpha value is -2.30. The van der Waals surface area contributed by atoms with Crippen molar-refractivity contribution < 1.29 is 4.74 Å². The smallest absolute Gasteiger partial charge is 0.135 e. The number of hydrogen-bond donors (Lipinski definition) is 2. The third kappa shape index (κ3) is 2.27. The Morgan fingerprint density at radius 1 is 1.35 bits per heavy atom. The van der Waals surface area contributed by atoms with Gasteiger partial charge in [0, 0.05) is 17.5 Å². The van der Waals surface area contributed by atoms with Crippen LogP contribution in [-0.4, -0.2) is 16.6 Å². The van der Waals surface area contributed by atoms with Crippen molar-refractivity contribution >= 4 is 11.6 Å². The van der Waals surface area contributed by atoms with Crippen molar-refractivity contribution in [2.75, 3.05) is 17.7 Å². The molecule has 2 aromatic rings. The second kappa shape index (κ2) is 5.36. The number of benzene rings is 1. The zero-order valence-electron chi connectivity index (χ0n) is 11.5. The van der Waals surface area contributed by atoms with Crippen molar-refractivity contribution in [3.63, 3.8) is 0 Å². The van der Waals surface area contributed by atoms with E-state index in [0.717, 1.165) is 35.5 Å². The summed E-state index contributed by atoms with van der Waals surface area (Å²) in [6.07, 6.45) is 3.21. The lowest BCUT2D eigenvalue weighted by atomic mass is 10.0. The van der Waals surface area contributed by atoms with E-state index in [-0.39, 0.29) is 6.04 Å². The van der Waals surface area contributed by atoms with Crippen LogP contribution in [0, 0.1) is 0 Å². The van der Waals surface area contributed by atoms with Crippen LogP contribution in [0.3, 0.4) is 0 Å². The van der Waals surface area contributed by atoms with Gasteiger partial charge in [-0.15, -0.1) is 0 Å². The molecule has 0 radical (unpaired) electrons. The van der Waals surface area contributed by atoms with Crippen molar-refractivity contribution in [3.05, 3.63) is 41.7 Å². The molecule has 0 saturated carbocycles. The standard InChI is InChI=1S/C15H18N4O/c1-2-10-14(16)17-9-18-15(10)19-12-7-8-20-13-6-4-3-5-11(12)13/h3-6,9,12H,2,7-8H2,1H3,(H3,16,17,18,19). The van der Waals surface area contributed by atoms with Crippen molar-refractivity contribution in [1.29, 1.82) is 0 Å². The fraction of sp³-hybridized carbons (Fsp3) is 0.333. The molecule has 1 aliphatic rings. The number of hydrogen-bond acceptors (Lipinski definition) is 5. The van der Waals surface area contributed by atoms with Crippen LogP contribution in [0.15, 0.2) is 30.6 Å². The van der Waals surface area contributed by atoms with Gasteiger partial charge >= 0.3 is 0 Å². The first-order valence-electron chi connectivity index (χ1n) is 6.87. The van der Waals surface area contributed by atoms with E-state index in [2.05, 4.69) is 28.3 Å². The molecule has 5 nitrogen and oxygen atoms in total. The molecule has 1 aliphatic heterocycles. The van der Waals surface area contributed by atoms with Crippen LogP contribution in [0.2, 0.25) is 0 Å². The molecule has 20 heavy (non-hydrogen) atoms. The van der Waals surface area contributed by atoms with E-state index in [1.54, 1.807) is 0 Å². The summed E-state index contributed by atoms with van der Waals surface area (Å²) < 4.78 is 5.67. The highest BCUT2D eigenvalue weighted by atomic mass is 16.5. The fourth-order valence-corrected chi connectivity index (χ4v) is 2.56. The van der Waals surface area contributed by atoms with Crippen LogP contribution in [0.4, 0.5) is 11.6 Å². The van der Waals surface area contributed by atoms with Crippen LogP contribution in [0.25, 0.3) is 0 Å². The largest absolute Gasteiger partial charge is 0.493 e. The summed E-state index contributed by atoms with van der Waals surface area (Å²) in [5, 5.41) is 3.49. The number of ether oxygens (including phenoxy) is 1. The average molecular weight is 270 g/mol. The third-order valence-corrected chi connectivity index (χ3v) is 3.60. The van der Waals surface area contributed by atoms with Crippen molar-refractivity contribution in [1.82, 2.24) is 9.97 Å². The summed E-state index contributed by atoms with van der Waals surface area (Å²) >= 11 is 0. The van der Waals surface area contributed by atoms with Crippen molar-refractivity contribution in [2.24, 2.45) is 0 Å². The molecule has 0 aliphatic carbocycles. The van der Waals surface area contributed by atoms with E-state index in [1.165, 1.54) is 6.33 Å². The van der Waals surface area contributed by atoms with E-state index in [4.69, 9.17) is 10.5 Å². The summed E-state index contributed by atoms with van der Waals surface area (Å²) in [4.78, 5) is 8.38. The van der Waals surface area contributed by atoms with Crippen molar-refractivity contribution in [3.8, 4) is 5.75 Å². The van der Waals surface area contributed by atoms with Gasteiger partial charge in [0.1, 0.15) is 23.7 Å². The normalized spacial score (nSPS) is 17.1. The Kier molecular flexibility index (Phi) is 3.41. The lowest BCUT2D eigenvalue weighted by molar-refractivity contribution is 0.274. The molecule has 0 bridgehead atoms. The second-order valence-electron chi connectivity index (χ2n) is 4.81. The molecule has 104 valence electrons. The van der Waals surface area contributed by atoms with Crippen LogP contribution < -0.4 is 15.8 Å². The molecule has 1 unspecified atom stereocenters. The molecular formula is C15H18N4O. The summed E-state index contributed by atoms with van der Waals surface area (Å²) in [5.41, 5.74) is 8.05. The predicted molar refractivity (Wildman–Crippen MR) is 78.7 cm³/mol. The summed E-state index contributed by atoms with van der Waals surface area (Å²) in [6.45, 7) is 2.76. The molecule has 3 rings (SSSR count). The first kappa shape index (κ1) is 12.7. The number of nitrogens with one attached hydrogen (secondary N) is 1. The summed E-state index contributed by atoms with van der Waals surface area (Å²) in [6, 6.07) is 8.29. The van der Waals surface area contributed by atoms with Gasteiger partial charge in [0.2, 0.25) is 0 Å². The SMILES string of the molecule is CCc1c(N)ncnc1NC1CCOc2ccccc21. The molecule has 0 saturated heterocycles. The zero-order chi connectivity index (χ0) is 13.9. The molecule has 1 atom stereocenters. The van der Waals surface area contributed by atoms with Crippen LogP contribution >= 0.6 is 0 Å². The van der Waals surface area contributed by atoms with Gasteiger partial charge in [0.25, 0.3) is 0 Å². The molecule has 2 heterocycles. The van der Waals surface area contributed by atoms with Gasteiger partial charge in [-0.2, -0.15) is 0 Å². The molecule has 0 spiro atoms. The molecule has 0 fully saturated rings. The maximum Gasteiger partial charge on any atom is 0.135 e. The lowest BCUT2D eigenvalue weighted by Crippen LogP contribution is -2.21. The van der Waals surface area contributed by atoms with Gasteiger partial charge in [0.15, 0.2) is 0 Å². The minimum atomic E-state index is 0.194. The molecule has 0 amide bonds. The van der Waals surface area contributed by atoms with Crippen LogP contribution in [0.1, 0.15) is 30.5 Å². The first-order valence-corrected chi connectivity index (χ1v) is 6.87. The maximum absolute atomic E-state index is 5.92. The Morgan fingerprint density at radius 3 is 3.05 bits per heavy atom. The third-order valence-electron chi connectivity index (χ3n) is 3.60. The summed E-state index contributed by atoms with van der Waals surface area (Å²) in [7, 11) is 0. The molecule has 1 aromatic carbocycles. The number of nitrogen functional groups attached to an aromatic ring is 1. The van der Waals surface area contributed by atoms with E-state index < -0.39 is 0 Å². The Bertz CT molecular complexity index is 615. The number of nitrogens with zero attached hydrogens (tertiary/aromatic N) is 2. The minimum Gasteiger partial charge on any atom is -0.493 e. The van der Waals surface area contributed by atoms with E-state index in [1.807, 2.05) is 18.2 Å². The second-order valence-corrected chi connectivity index (χ2v) is 4.81. The highest BCUT2D eigenvalue weighted by molar-refractivity contribution is 5.56. The Balaban J connectivity index is 1.91. The quantitative estimate of drug-likeness (QED) is 0.896. The highest BCUT2D eigenvalue weighted by Gasteiger charge is 2.22. The molecule has 3 N–H and O–H groups in total. The maximum atomic E-state index is 5.92. The van der Waals surface area contributed by atoms with Gasteiger partial charge in [-0.1, -0.05) is 25.1 Å². The average Bonchev–Trinajstić information content (AvgIpc) is 2.48. The van der Waals surface area contributed by atoms with Gasteiger partial charge < -0.3 is 15.8 Å². The molecule has 1 aromatic heterocycles. The van der Waals surface area contributed by atoms with E-state index in [0.29, 0.717) is 12.4 Å². The van der Waals surface area contributed by atoms with Gasteiger partial charge in [0.05, 0.1) is 12.6 Å². The predicted octanol–water partition coefficient (Wildman–Crippen LogP) is 2.56. The number of para-hydroxylation sites is 1. The number of fused-ring (bicyclic) bond motifs is 1. The first-order chi connectivity index (χ1) is 9.79. The van der Waals surface area contributed by atoms with Gasteiger partial charge in [-0.05, 0) is 12.5 Å². The number of aromatic nitrogens is 2. The molecule has 5 heteroatoms. The van der Waals surface area contributed by atoms with E-state index >= 15 is 0 Å². The number of anilines is 2. The fourth-order valence-electron chi connectivity index (χ4n) is 2.56. The Labute approximate surface area is 118 Å². The number of nitrogens with two attached hydrogens (primary N) is 1.